The molecular formula is C64H44BN5OPt-2. The number of hydrogen-bond donors (Lipinski definition) is 0. The number of rotatable bonds is 7. The molecule has 0 saturated carbocycles. The van der Waals surface area contributed by atoms with Crippen LogP contribution in [0.25, 0.3) is 78.0 Å². The molecule has 0 bridgehead atoms. The molecule has 9 aromatic carbocycles. The summed E-state index contributed by atoms with van der Waals surface area (Å²) in [5.41, 5.74) is 21.5. The summed E-state index contributed by atoms with van der Waals surface area (Å²) < 4.78 is 12.5. The van der Waals surface area contributed by atoms with E-state index in [2.05, 4.69) is 259 Å². The first kappa shape index (κ1) is 42.6. The Labute approximate surface area is 430 Å². The maximum absolute atomic E-state index is 6.80. The van der Waals surface area contributed by atoms with Gasteiger partial charge in [0.2, 0.25) is 0 Å². The summed E-state index contributed by atoms with van der Waals surface area (Å²) in [5, 5.41) is 0. The minimum absolute atomic E-state index is 0.108. The number of fused-ring (bicyclic) bond motifs is 10. The molecule has 2 aromatic heterocycles. The van der Waals surface area contributed by atoms with E-state index in [1.807, 2.05) is 24.3 Å². The topological polar surface area (TPSA) is 38.5 Å². The van der Waals surface area contributed by atoms with Gasteiger partial charge in [0, 0.05) is 11.3 Å². The van der Waals surface area contributed by atoms with Crippen LogP contribution < -0.4 is 19.8 Å². The quantitative estimate of drug-likeness (QED) is 0.118. The molecule has 0 amide bonds. The number of para-hydroxylation sites is 4. The number of aromatic nitrogens is 3. The van der Waals surface area contributed by atoms with E-state index in [9.17, 15) is 0 Å². The number of nitrogens with zero attached hydrogens (tertiary/aromatic N) is 5. The Kier molecular flexibility index (Phi) is 9.71. The van der Waals surface area contributed by atoms with Crippen LogP contribution in [0.1, 0.15) is 26.3 Å². The predicted octanol–water partition coefficient (Wildman–Crippen LogP) is 15.2. The average Bonchev–Trinajstić information content (AvgIpc) is 3.93. The number of benzene rings is 9. The molecule has 0 saturated heterocycles. The molecular weight excluding hydrogens is 1060 g/mol. The molecule has 0 fully saturated rings. The van der Waals surface area contributed by atoms with Crippen LogP contribution in [0.2, 0.25) is 0 Å². The summed E-state index contributed by atoms with van der Waals surface area (Å²) in [4.78, 5) is 10.1. The molecule has 0 radical (unpaired) electrons. The second kappa shape index (κ2) is 16.4. The Bertz CT molecular complexity index is 4050. The third-order valence-corrected chi connectivity index (χ3v) is 15.5. The van der Waals surface area contributed by atoms with E-state index in [4.69, 9.17) is 9.72 Å². The summed E-state index contributed by atoms with van der Waals surface area (Å²) in [6.07, 6.45) is 0. The van der Waals surface area contributed by atoms with Crippen molar-refractivity contribution < 1.29 is 24.1 Å². The van der Waals surface area contributed by atoms with Crippen molar-refractivity contribution in [3.63, 3.8) is 0 Å². The van der Waals surface area contributed by atoms with E-state index in [1.165, 1.54) is 44.5 Å². The van der Waals surface area contributed by atoms with Gasteiger partial charge in [-0.2, -0.15) is 12.1 Å². The molecule has 0 aliphatic carbocycles. The number of hydrogen-bond acceptors (Lipinski definition) is 4. The molecule has 72 heavy (non-hydrogen) atoms. The summed E-state index contributed by atoms with van der Waals surface area (Å²) >= 11 is 2.51. The number of pyridine rings is 1. The van der Waals surface area contributed by atoms with E-state index >= 15 is 0 Å². The van der Waals surface area contributed by atoms with E-state index in [0.29, 0.717) is 11.6 Å². The Hall–Kier alpha value is -8.25. The van der Waals surface area contributed by atoms with Crippen molar-refractivity contribution in [3.8, 4) is 78.6 Å². The second-order valence-corrected chi connectivity index (χ2v) is 20.7. The second-order valence-electron chi connectivity index (χ2n) is 19.7. The molecule has 5 heterocycles. The Morgan fingerprint density at radius 3 is 1.86 bits per heavy atom. The van der Waals surface area contributed by atoms with E-state index < -0.39 is 0 Å². The molecule has 8 heteroatoms. The van der Waals surface area contributed by atoms with Gasteiger partial charge in [-0.1, -0.05) is 30.3 Å². The van der Waals surface area contributed by atoms with Crippen LogP contribution in [-0.4, -0.2) is 21.1 Å². The normalized spacial score (nSPS) is 12.9. The van der Waals surface area contributed by atoms with Crippen LogP contribution in [0.4, 0.5) is 22.9 Å². The van der Waals surface area contributed by atoms with Gasteiger partial charge in [0.05, 0.1) is 0 Å². The standard InChI is InChI=1S/C64H44BN5O.Pt/c1-64(2,3)46-38-53(44-20-8-5-9-21-44)62(54(39-46)45-34-32-43(33-35-45)42-18-6-4-7-19-42)68-41-67(56-28-12-13-29-57(56)68)47-22-16-23-48(40-47)71-60-37-36-52-51-26-17-25-50-49-24-10-11-27-55(49)69-58-30-14-15-31-59(58)70(63(52)66-60)65(69)61(50)51;/h4-30,32-39H,1-3H3;/q-2;. The third-order valence-electron chi connectivity index (χ3n) is 14.5. The first-order valence-corrected chi connectivity index (χ1v) is 25.5. The molecule has 0 unspecified atom stereocenters. The number of imidazole rings is 1. The monoisotopic (exact) mass is 1100 g/mol. The van der Waals surface area contributed by atoms with Gasteiger partial charge in [-0.05, 0) is 11.6 Å². The molecule has 6 nitrogen and oxygen atoms in total. The molecule has 3 aliphatic heterocycles. The molecule has 11 aromatic rings. The van der Waals surface area contributed by atoms with Crippen molar-refractivity contribution >= 4 is 46.4 Å². The Balaban J connectivity index is 0.904. The van der Waals surface area contributed by atoms with Gasteiger partial charge in [0.25, 0.3) is 0 Å². The fourth-order valence-electron chi connectivity index (χ4n) is 11.2. The molecule has 14 rings (SSSR count). The van der Waals surface area contributed by atoms with Crippen molar-refractivity contribution in [2.45, 2.75) is 26.2 Å². The molecule has 0 atom stereocenters. The SMILES string of the molecule is CC(C)(C)c1cc(-c2ccccc2)c(-n2[c](=[Pt])n(-c3[c-]c(Oc4ccc5c(n4)N4B6c7c(cccc7-5)-c5ccccc5N6c5ccc[c-]c54)ccc3)c3ccccc32)c(-c2ccc(-c3ccccc3)cc2)c1. The maximum atomic E-state index is 6.80. The fraction of sp³-hybridized carbons (Fsp3) is 0.0625. The van der Waals surface area contributed by atoms with Crippen molar-refractivity contribution in [1.82, 2.24) is 14.1 Å². The summed E-state index contributed by atoms with van der Waals surface area (Å²) in [6, 6.07) is 83.1. The van der Waals surface area contributed by atoms with E-state index in [1.54, 1.807) is 0 Å². The van der Waals surface area contributed by atoms with Crippen LogP contribution in [-0.2, 0) is 24.8 Å². The van der Waals surface area contributed by atoms with Gasteiger partial charge in [-0.15, -0.1) is 6.07 Å². The zero-order chi connectivity index (χ0) is 48.2. The summed E-state index contributed by atoms with van der Waals surface area (Å²) in [6.45, 7) is 6.79. The van der Waals surface area contributed by atoms with Gasteiger partial charge in [0.15, 0.2) is 0 Å². The van der Waals surface area contributed by atoms with Gasteiger partial charge in [-0.25, -0.2) is 0 Å². The zero-order valence-electron chi connectivity index (χ0n) is 39.7. The van der Waals surface area contributed by atoms with Crippen molar-refractivity contribution in [3.05, 3.63) is 234 Å². The zero-order valence-corrected chi connectivity index (χ0v) is 42.0. The molecule has 0 spiro atoms. The van der Waals surface area contributed by atoms with Gasteiger partial charge < -0.3 is 0 Å². The van der Waals surface area contributed by atoms with Gasteiger partial charge in [0.1, 0.15) is 0 Å². The van der Waals surface area contributed by atoms with E-state index in [0.717, 1.165) is 71.2 Å². The Morgan fingerprint density at radius 1 is 0.514 bits per heavy atom. The molecule has 3 aliphatic rings. The van der Waals surface area contributed by atoms with E-state index in [-0.39, 0.29) is 12.4 Å². The summed E-state index contributed by atoms with van der Waals surface area (Å²) in [5.74, 6) is 1.90. The van der Waals surface area contributed by atoms with Crippen molar-refractivity contribution in [2.75, 3.05) is 9.62 Å². The van der Waals surface area contributed by atoms with Crippen LogP contribution in [0.15, 0.2) is 212 Å². The van der Waals surface area contributed by atoms with Crippen LogP contribution in [0, 0.1) is 15.9 Å². The average molecular weight is 1100 g/mol. The minimum atomic E-state index is -0.109. The first-order chi connectivity index (χ1) is 35.3. The van der Waals surface area contributed by atoms with Crippen LogP contribution in [0.5, 0.6) is 11.6 Å². The Morgan fingerprint density at radius 2 is 1.11 bits per heavy atom. The van der Waals surface area contributed by atoms with Crippen LogP contribution >= 0.6 is 0 Å². The number of anilines is 4. The molecule has 0 N–H and O–H groups in total. The van der Waals surface area contributed by atoms with Crippen LogP contribution in [0.3, 0.4) is 0 Å². The molecule has 346 valence electrons. The van der Waals surface area contributed by atoms with Gasteiger partial charge in [-0.3, -0.25) is 0 Å². The number of ether oxygens (including phenoxy) is 1. The summed E-state index contributed by atoms with van der Waals surface area (Å²) in [7, 11) is 0. The van der Waals surface area contributed by atoms with Crippen molar-refractivity contribution in [1.29, 1.82) is 0 Å². The van der Waals surface area contributed by atoms with Gasteiger partial charge >= 0.3 is 361 Å². The fourth-order valence-corrected chi connectivity index (χ4v) is 12.2. The first-order valence-electron chi connectivity index (χ1n) is 24.4. The predicted molar refractivity (Wildman–Crippen MR) is 290 cm³/mol. The van der Waals surface area contributed by atoms with Crippen molar-refractivity contribution in [2.24, 2.45) is 0 Å². The third kappa shape index (κ3) is 6.61.